The summed E-state index contributed by atoms with van der Waals surface area (Å²) >= 11 is 0. The number of carbonyl (C=O) groups excluding carboxylic acids is 1. The number of carbonyl (C=O) groups is 1. The van der Waals surface area contributed by atoms with Crippen LogP contribution in [0.1, 0.15) is 65.7 Å². The van der Waals surface area contributed by atoms with Gasteiger partial charge in [0.2, 0.25) is 0 Å². The highest BCUT2D eigenvalue weighted by atomic mass is 16.1. The Morgan fingerprint density at radius 3 is 2.62 bits per heavy atom. The summed E-state index contributed by atoms with van der Waals surface area (Å²) in [5.74, 6) is 1.49. The van der Waals surface area contributed by atoms with Crippen molar-refractivity contribution >= 4 is 6.29 Å². The molecule has 0 heterocycles. The molecule has 0 saturated heterocycles. The van der Waals surface area contributed by atoms with Crippen LogP contribution in [0.15, 0.2) is 24.3 Å². The first-order valence-electron chi connectivity index (χ1n) is 8.67. The van der Waals surface area contributed by atoms with Gasteiger partial charge in [-0.05, 0) is 78.6 Å². The van der Waals surface area contributed by atoms with Crippen molar-refractivity contribution in [1.29, 1.82) is 0 Å². The monoisotopic (exact) mass is 286 g/mol. The third-order valence-corrected chi connectivity index (χ3v) is 7.56. The molecule has 5 atom stereocenters. The first-order chi connectivity index (χ1) is 9.88. The fourth-order valence-electron chi connectivity index (χ4n) is 5.92. The molecule has 0 aliphatic heterocycles. The Morgan fingerprint density at radius 1 is 1.19 bits per heavy atom. The second kappa shape index (κ2) is 4.83. The second-order valence-corrected chi connectivity index (χ2v) is 8.63. The van der Waals surface area contributed by atoms with Gasteiger partial charge >= 0.3 is 0 Å². The van der Waals surface area contributed by atoms with Gasteiger partial charge in [0.1, 0.15) is 6.29 Å². The largest absolute Gasteiger partial charge is 0.298 e. The normalized spacial score (nSPS) is 49.6. The summed E-state index contributed by atoms with van der Waals surface area (Å²) in [6, 6.07) is 0. The summed E-state index contributed by atoms with van der Waals surface area (Å²) in [5, 5.41) is 0. The van der Waals surface area contributed by atoms with E-state index in [0.29, 0.717) is 16.7 Å². The van der Waals surface area contributed by atoms with Crippen molar-refractivity contribution in [2.75, 3.05) is 0 Å². The first kappa shape index (κ1) is 15.1. The van der Waals surface area contributed by atoms with Crippen molar-refractivity contribution in [3.05, 3.63) is 24.3 Å². The van der Waals surface area contributed by atoms with Crippen molar-refractivity contribution in [2.24, 2.45) is 28.1 Å². The summed E-state index contributed by atoms with van der Waals surface area (Å²) in [6.45, 7) is 11.3. The van der Waals surface area contributed by atoms with Gasteiger partial charge in [-0.3, -0.25) is 4.79 Å². The topological polar surface area (TPSA) is 17.1 Å². The second-order valence-electron chi connectivity index (χ2n) is 8.63. The SMILES string of the molecule is C=C[C@@]1(C)CC[C@@]2(C)[C@@H](CC[C@]3(C)C(C=O)=CCC[C@H]23)C1. The minimum atomic E-state index is 0.132. The molecule has 0 aromatic rings. The molecular formula is C20H30O. The predicted octanol–water partition coefficient (Wildman–Crippen LogP) is 5.32. The Balaban J connectivity index is 1.95. The van der Waals surface area contributed by atoms with Crippen LogP contribution in [0, 0.1) is 28.1 Å². The Morgan fingerprint density at radius 2 is 1.95 bits per heavy atom. The molecule has 3 aliphatic rings. The quantitative estimate of drug-likeness (QED) is 0.496. The van der Waals surface area contributed by atoms with E-state index in [0.717, 1.165) is 24.2 Å². The summed E-state index contributed by atoms with van der Waals surface area (Å²) < 4.78 is 0. The van der Waals surface area contributed by atoms with E-state index in [9.17, 15) is 4.79 Å². The van der Waals surface area contributed by atoms with Gasteiger partial charge in [-0.2, -0.15) is 0 Å². The van der Waals surface area contributed by atoms with Gasteiger partial charge in [-0.1, -0.05) is 32.9 Å². The Bertz CT molecular complexity index is 490. The highest BCUT2D eigenvalue weighted by molar-refractivity contribution is 5.76. The first-order valence-corrected chi connectivity index (χ1v) is 8.67. The maximum Gasteiger partial charge on any atom is 0.146 e. The molecule has 3 rings (SSSR count). The van der Waals surface area contributed by atoms with Gasteiger partial charge in [0.25, 0.3) is 0 Å². The standard InChI is InChI=1S/C20H30O/c1-5-18(2)11-12-20(4)15(13-18)9-10-19(3)16(14-21)7-6-8-17(19)20/h5,7,14-15,17H,1,6,8-13H2,2-4H3/t15-,17-,18-,19+,20-/m0/s1. The molecule has 0 radical (unpaired) electrons. The van der Waals surface area contributed by atoms with E-state index < -0.39 is 0 Å². The van der Waals surface area contributed by atoms with Gasteiger partial charge in [-0.25, -0.2) is 0 Å². The molecule has 1 heteroatoms. The van der Waals surface area contributed by atoms with Crippen molar-refractivity contribution in [2.45, 2.75) is 65.7 Å². The molecule has 0 amide bonds. The number of rotatable bonds is 2. The van der Waals surface area contributed by atoms with Crippen LogP contribution in [0.2, 0.25) is 0 Å². The third kappa shape index (κ3) is 2.07. The summed E-state index contributed by atoms with van der Waals surface area (Å²) in [4.78, 5) is 11.6. The highest BCUT2D eigenvalue weighted by Gasteiger charge is 2.57. The molecule has 0 spiro atoms. The van der Waals surface area contributed by atoms with Crippen molar-refractivity contribution in [3.63, 3.8) is 0 Å². The molecule has 2 saturated carbocycles. The number of allylic oxidation sites excluding steroid dienone is 3. The molecular weight excluding hydrogens is 256 g/mol. The van der Waals surface area contributed by atoms with Gasteiger partial charge in [0.15, 0.2) is 0 Å². The number of hydrogen-bond donors (Lipinski definition) is 0. The van der Waals surface area contributed by atoms with Crippen LogP contribution in [0.3, 0.4) is 0 Å². The van der Waals surface area contributed by atoms with Crippen molar-refractivity contribution in [1.82, 2.24) is 0 Å². The molecule has 3 aliphatic carbocycles. The van der Waals surface area contributed by atoms with Gasteiger partial charge in [-0.15, -0.1) is 6.58 Å². The van der Waals surface area contributed by atoms with E-state index in [1.54, 1.807) is 0 Å². The van der Waals surface area contributed by atoms with Crippen LogP contribution in [-0.4, -0.2) is 6.29 Å². The molecule has 0 unspecified atom stereocenters. The van der Waals surface area contributed by atoms with E-state index in [2.05, 4.69) is 39.5 Å². The highest BCUT2D eigenvalue weighted by Crippen LogP contribution is 2.66. The van der Waals surface area contributed by atoms with Crippen LogP contribution in [0.4, 0.5) is 0 Å². The molecule has 2 fully saturated rings. The average Bonchev–Trinajstić information content (AvgIpc) is 2.48. The molecule has 1 nitrogen and oxygen atoms in total. The van der Waals surface area contributed by atoms with Gasteiger partial charge in [0, 0.05) is 0 Å². The lowest BCUT2D eigenvalue weighted by atomic mass is 9.43. The molecule has 0 aromatic carbocycles. The Hall–Kier alpha value is -0.850. The van der Waals surface area contributed by atoms with E-state index in [1.807, 2.05) is 0 Å². The molecule has 0 bridgehead atoms. The minimum absolute atomic E-state index is 0.132. The number of hydrogen-bond acceptors (Lipinski definition) is 1. The van der Waals surface area contributed by atoms with Crippen LogP contribution in [-0.2, 0) is 4.79 Å². The summed E-state index contributed by atoms with van der Waals surface area (Å²) in [6.07, 6.45) is 14.2. The predicted molar refractivity (Wildman–Crippen MR) is 88.0 cm³/mol. The van der Waals surface area contributed by atoms with E-state index in [-0.39, 0.29) is 5.41 Å². The Kier molecular flexibility index (Phi) is 3.46. The zero-order valence-electron chi connectivity index (χ0n) is 14.0. The van der Waals surface area contributed by atoms with Crippen molar-refractivity contribution < 1.29 is 4.79 Å². The van der Waals surface area contributed by atoms with E-state index in [4.69, 9.17) is 0 Å². The average molecular weight is 286 g/mol. The number of aldehydes is 1. The Labute approximate surface area is 129 Å². The molecule has 0 N–H and O–H groups in total. The lowest BCUT2D eigenvalue weighted by Gasteiger charge is -2.61. The van der Waals surface area contributed by atoms with E-state index in [1.165, 1.54) is 38.5 Å². The number of fused-ring (bicyclic) bond motifs is 3. The lowest BCUT2D eigenvalue weighted by Crippen LogP contribution is -2.53. The molecule has 21 heavy (non-hydrogen) atoms. The van der Waals surface area contributed by atoms with Crippen LogP contribution in [0.5, 0.6) is 0 Å². The van der Waals surface area contributed by atoms with Gasteiger partial charge in [0.05, 0.1) is 0 Å². The fraction of sp³-hybridized carbons (Fsp3) is 0.750. The summed E-state index contributed by atoms with van der Waals surface area (Å²) in [7, 11) is 0. The lowest BCUT2D eigenvalue weighted by molar-refractivity contribution is -0.113. The summed E-state index contributed by atoms with van der Waals surface area (Å²) in [5.41, 5.74) is 1.97. The maximum atomic E-state index is 11.6. The zero-order chi connectivity index (χ0) is 15.3. The fourth-order valence-corrected chi connectivity index (χ4v) is 5.92. The maximum absolute atomic E-state index is 11.6. The molecule has 116 valence electrons. The smallest absolute Gasteiger partial charge is 0.146 e. The van der Waals surface area contributed by atoms with Crippen LogP contribution < -0.4 is 0 Å². The van der Waals surface area contributed by atoms with Crippen molar-refractivity contribution in [3.8, 4) is 0 Å². The molecule has 0 aromatic heterocycles. The van der Waals surface area contributed by atoms with E-state index >= 15 is 0 Å². The third-order valence-electron chi connectivity index (χ3n) is 7.56. The minimum Gasteiger partial charge on any atom is -0.298 e. The van der Waals surface area contributed by atoms with Gasteiger partial charge < -0.3 is 0 Å². The van der Waals surface area contributed by atoms with Crippen LogP contribution in [0.25, 0.3) is 0 Å². The zero-order valence-corrected chi connectivity index (χ0v) is 14.0. The van der Waals surface area contributed by atoms with Crippen LogP contribution >= 0.6 is 0 Å².